The Labute approximate surface area is 203 Å². The van der Waals surface area contributed by atoms with Crippen LogP contribution < -0.4 is 20.1 Å². The van der Waals surface area contributed by atoms with E-state index in [2.05, 4.69) is 25.6 Å². The van der Waals surface area contributed by atoms with Crippen LogP contribution in [0.25, 0.3) is 0 Å². The van der Waals surface area contributed by atoms with Crippen LogP contribution in [0.5, 0.6) is 17.4 Å². The molecule has 3 aromatic rings. The number of allylic oxidation sites excluding steroid dienone is 1. The maximum absolute atomic E-state index is 13.5. The van der Waals surface area contributed by atoms with Crippen LogP contribution in [-0.4, -0.2) is 35.7 Å². The second-order valence-corrected chi connectivity index (χ2v) is 7.19. The number of carbonyl (C=O) groups excluding carboxylic acids is 1. The molecule has 1 aromatic carbocycles. The van der Waals surface area contributed by atoms with Crippen molar-refractivity contribution in [1.82, 2.24) is 15.3 Å². The van der Waals surface area contributed by atoms with Crippen molar-refractivity contribution in [2.45, 2.75) is 27.3 Å². The van der Waals surface area contributed by atoms with Crippen LogP contribution in [0.2, 0.25) is 0 Å². The van der Waals surface area contributed by atoms with E-state index in [0.29, 0.717) is 40.6 Å². The lowest BCUT2D eigenvalue weighted by Crippen LogP contribution is -2.24. The molecule has 35 heavy (non-hydrogen) atoms. The minimum atomic E-state index is -0.505. The number of nitrogens with zero attached hydrogens (tertiary/aromatic N) is 3. The first-order valence-electron chi connectivity index (χ1n) is 11.2. The summed E-state index contributed by atoms with van der Waals surface area (Å²) in [5, 5.41) is 5.95. The van der Waals surface area contributed by atoms with Crippen LogP contribution in [0.4, 0.5) is 10.2 Å². The van der Waals surface area contributed by atoms with Crippen molar-refractivity contribution in [1.29, 1.82) is 0 Å². The van der Waals surface area contributed by atoms with Crippen LogP contribution in [0, 0.1) is 12.7 Å². The highest BCUT2D eigenvalue weighted by Gasteiger charge is 2.15. The van der Waals surface area contributed by atoms with E-state index in [9.17, 15) is 9.18 Å². The number of carbonyl (C=O) groups is 1. The van der Waals surface area contributed by atoms with E-state index in [1.807, 2.05) is 19.9 Å². The molecule has 0 spiro atoms. The quantitative estimate of drug-likeness (QED) is 0.471. The van der Waals surface area contributed by atoms with Crippen LogP contribution >= 0.6 is 0 Å². The maximum atomic E-state index is 13.5. The predicted molar refractivity (Wildman–Crippen MR) is 134 cm³/mol. The fraction of sp³-hybridized carbons (Fsp3) is 0.231. The first-order chi connectivity index (χ1) is 17.0. The van der Waals surface area contributed by atoms with Gasteiger partial charge in [0.2, 0.25) is 5.88 Å². The van der Waals surface area contributed by atoms with Crippen molar-refractivity contribution in [3.05, 3.63) is 83.1 Å². The average Bonchev–Trinajstić information content (AvgIpc) is 3.38. The van der Waals surface area contributed by atoms with E-state index in [-0.39, 0.29) is 18.3 Å². The van der Waals surface area contributed by atoms with Gasteiger partial charge in [-0.05, 0) is 37.3 Å². The van der Waals surface area contributed by atoms with Crippen LogP contribution in [-0.2, 0) is 6.54 Å². The highest BCUT2D eigenvalue weighted by Crippen LogP contribution is 2.28. The number of methoxy groups -OCH3 is 1. The smallest absolute Gasteiger partial charge is 0.251 e. The molecular formula is C26H28FN5O3. The Bertz CT molecular complexity index is 1240. The molecule has 9 heteroatoms. The molecule has 3 heterocycles. The number of halogens is 1. The summed E-state index contributed by atoms with van der Waals surface area (Å²) in [5.74, 6) is 1.15. The summed E-state index contributed by atoms with van der Waals surface area (Å²) in [6.07, 6.45) is 6.40. The molecule has 2 N–H and O–H groups in total. The molecule has 0 atom stereocenters. The van der Waals surface area contributed by atoms with Gasteiger partial charge in [0.05, 0.1) is 25.5 Å². The second-order valence-electron chi connectivity index (χ2n) is 7.19. The van der Waals surface area contributed by atoms with E-state index in [1.54, 1.807) is 49.7 Å². The number of pyridine rings is 2. The van der Waals surface area contributed by atoms with Crippen LogP contribution in [0.15, 0.2) is 65.6 Å². The van der Waals surface area contributed by atoms with Gasteiger partial charge in [-0.2, -0.15) is 0 Å². The van der Waals surface area contributed by atoms with Gasteiger partial charge in [-0.15, -0.1) is 0 Å². The first kappa shape index (κ1) is 25.4. The summed E-state index contributed by atoms with van der Waals surface area (Å²) < 4.78 is 24.7. The van der Waals surface area contributed by atoms with E-state index in [1.165, 1.54) is 13.2 Å². The Morgan fingerprint density at radius 3 is 2.74 bits per heavy atom. The fourth-order valence-electron chi connectivity index (χ4n) is 3.28. The molecule has 1 amide bonds. The fourth-order valence-corrected chi connectivity index (χ4v) is 3.28. The topological polar surface area (TPSA) is 97.7 Å². The highest BCUT2D eigenvalue weighted by molar-refractivity contribution is 5.96. The molecule has 0 radical (unpaired) electrons. The number of ether oxygens (including phenoxy) is 2. The molecule has 182 valence electrons. The number of amides is 1. The predicted octanol–water partition coefficient (Wildman–Crippen LogP) is 5.06. The molecule has 4 rings (SSSR count). The number of aromatic nitrogens is 2. The molecular weight excluding hydrogens is 449 g/mol. The summed E-state index contributed by atoms with van der Waals surface area (Å²) >= 11 is 0. The van der Waals surface area contributed by atoms with Gasteiger partial charge in [0, 0.05) is 41.7 Å². The Kier molecular flexibility index (Phi) is 8.89. The largest absolute Gasteiger partial charge is 0.481 e. The molecule has 0 aliphatic carbocycles. The van der Waals surface area contributed by atoms with E-state index < -0.39 is 5.82 Å². The van der Waals surface area contributed by atoms with Gasteiger partial charge in [-0.1, -0.05) is 19.9 Å². The standard InChI is InChI=1S/C24H22FN5O3.C2H6/c1-15-20(23(31)28-12-16-10-17(25)13-29-24(16)32-2)4-3-5-21(15)33-19-7-9-27-22(11-19)30-18-6-8-26-14-18;1-2/h3-7,9-11,13-14H,8,12H2,1-2H3,(H,27,30)(H,28,31);1-2H3. The number of rotatable bonds is 8. The van der Waals surface area contributed by atoms with Crippen molar-refractivity contribution in [2.75, 3.05) is 19.0 Å². The third-order valence-corrected chi connectivity index (χ3v) is 4.93. The lowest BCUT2D eigenvalue weighted by Gasteiger charge is -2.14. The lowest BCUT2D eigenvalue weighted by atomic mass is 10.1. The zero-order chi connectivity index (χ0) is 25.2. The second kappa shape index (κ2) is 12.3. The van der Waals surface area contributed by atoms with E-state index in [4.69, 9.17) is 9.47 Å². The number of aliphatic imine (C=N–C) groups is 1. The van der Waals surface area contributed by atoms with Crippen molar-refractivity contribution >= 4 is 17.9 Å². The van der Waals surface area contributed by atoms with Gasteiger partial charge in [-0.3, -0.25) is 9.79 Å². The molecule has 2 aromatic heterocycles. The highest BCUT2D eigenvalue weighted by atomic mass is 19.1. The summed E-state index contributed by atoms with van der Waals surface area (Å²) in [6, 6.07) is 10.00. The van der Waals surface area contributed by atoms with Gasteiger partial charge >= 0.3 is 0 Å². The molecule has 0 saturated carbocycles. The minimum Gasteiger partial charge on any atom is -0.481 e. The SMILES string of the molecule is CC.COc1ncc(F)cc1CNC(=O)c1cccc(Oc2ccnc(NC3=CCN=C3)c2)c1C. The van der Waals surface area contributed by atoms with E-state index >= 15 is 0 Å². The number of hydrogen-bond donors (Lipinski definition) is 2. The number of benzene rings is 1. The maximum Gasteiger partial charge on any atom is 0.251 e. The Morgan fingerprint density at radius 1 is 1.17 bits per heavy atom. The first-order valence-corrected chi connectivity index (χ1v) is 11.2. The number of anilines is 1. The van der Waals surface area contributed by atoms with Crippen molar-refractivity contribution in [3.8, 4) is 17.4 Å². The zero-order valence-corrected chi connectivity index (χ0v) is 20.1. The zero-order valence-electron chi connectivity index (χ0n) is 20.1. The molecule has 1 aliphatic rings. The summed E-state index contributed by atoms with van der Waals surface area (Å²) in [6.45, 7) is 6.51. The number of nitrogens with one attached hydrogen (secondary N) is 2. The Hall–Kier alpha value is -4.27. The molecule has 8 nitrogen and oxygen atoms in total. The monoisotopic (exact) mass is 477 g/mol. The van der Waals surface area contributed by atoms with Gasteiger partial charge in [0.1, 0.15) is 23.1 Å². The lowest BCUT2D eigenvalue weighted by molar-refractivity contribution is 0.0949. The van der Waals surface area contributed by atoms with Gasteiger partial charge in [-0.25, -0.2) is 14.4 Å². The molecule has 0 bridgehead atoms. The molecule has 0 saturated heterocycles. The Balaban J connectivity index is 0.00000167. The van der Waals surface area contributed by atoms with Crippen LogP contribution in [0.3, 0.4) is 0 Å². The van der Waals surface area contributed by atoms with Crippen LogP contribution in [0.1, 0.15) is 35.3 Å². The normalized spacial score (nSPS) is 11.7. The summed E-state index contributed by atoms with van der Waals surface area (Å²) in [7, 11) is 1.44. The van der Waals surface area contributed by atoms with Crippen molar-refractivity contribution in [2.24, 2.45) is 4.99 Å². The van der Waals surface area contributed by atoms with Gasteiger partial charge in [0.25, 0.3) is 5.91 Å². The minimum absolute atomic E-state index is 0.0653. The van der Waals surface area contributed by atoms with Crippen molar-refractivity contribution < 1.29 is 18.7 Å². The molecule has 1 aliphatic heterocycles. The van der Waals surface area contributed by atoms with Gasteiger partial charge in [0.15, 0.2) is 0 Å². The molecule has 0 fully saturated rings. The third-order valence-electron chi connectivity index (χ3n) is 4.93. The average molecular weight is 478 g/mol. The Morgan fingerprint density at radius 2 is 2.00 bits per heavy atom. The molecule has 0 unspecified atom stereocenters. The van der Waals surface area contributed by atoms with Crippen molar-refractivity contribution in [3.63, 3.8) is 0 Å². The summed E-state index contributed by atoms with van der Waals surface area (Å²) in [4.78, 5) is 25.1. The number of hydrogen-bond acceptors (Lipinski definition) is 7. The van der Waals surface area contributed by atoms with E-state index in [0.717, 1.165) is 11.9 Å². The third kappa shape index (κ3) is 6.63. The van der Waals surface area contributed by atoms with Gasteiger partial charge < -0.3 is 20.1 Å². The summed E-state index contributed by atoms with van der Waals surface area (Å²) in [5.41, 5.74) is 2.42.